The van der Waals surface area contributed by atoms with Gasteiger partial charge < -0.3 is 5.11 Å². The summed E-state index contributed by atoms with van der Waals surface area (Å²) in [5.41, 5.74) is 2.06. The molecule has 0 aromatic heterocycles. The minimum Gasteiger partial charge on any atom is -0.396 e. The SMILES string of the molecule is OCC(Cc1cccc(Cl)c1)Cc1cccc(Cl)c1Cl. The third kappa shape index (κ3) is 4.13. The molecule has 1 nitrogen and oxygen atoms in total. The lowest BCUT2D eigenvalue weighted by Gasteiger charge is -2.16. The van der Waals surface area contributed by atoms with Crippen molar-refractivity contribution in [2.24, 2.45) is 5.92 Å². The third-order valence-electron chi connectivity index (χ3n) is 3.21. The molecule has 1 atom stereocenters. The Morgan fingerprint density at radius 2 is 1.70 bits per heavy atom. The van der Waals surface area contributed by atoms with E-state index in [4.69, 9.17) is 34.8 Å². The van der Waals surface area contributed by atoms with Gasteiger partial charge in [-0.1, -0.05) is 59.1 Å². The van der Waals surface area contributed by atoms with E-state index in [-0.39, 0.29) is 12.5 Å². The zero-order valence-electron chi connectivity index (χ0n) is 10.8. The molecule has 0 radical (unpaired) electrons. The van der Waals surface area contributed by atoms with E-state index in [1.165, 1.54) is 0 Å². The van der Waals surface area contributed by atoms with Crippen molar-refractivity contribution < 1.29 is 5.11 Å². The van der Waals surface area contributed by atoms with Gasteiger partial charge >= 0.3 is 0 Å². The normalized spacial score (nSPS) is 12.4. The summed E-state index contributed by atoms with van der Waals surface area (Å²) in [6.45, 7) is 0.0926. The van der Waals surface area contributed by atoms with Crippen molar-refractivity contribution >= 4 is 34.8 Å². The van der Waals surface area contributed by atoms with Crippen molar-refractivity contribution in [1.82, 2.24) is 0 Å². The van der Waals surface area contributed by atoms with Crippen molar-refractivity contribution in [3.63, 3.8) is 0 Å². The van der Waals surface area contributed by atoms with Gasteiger partial charge in [0.15, 0.2) is 0 Å². The molecule has 0 heterocycles. The number of halogens is 3. The molecule has 0 bridgehead atoms. The topological polar surface area (TPSA) is 20.2 Å². The molecule has 0 spiro atoms. The Bertz CT molecular complexity index is 584. The molecule has 0 aliphatic heterocycles. The zero-order chi connectivity index (χ0) is 14.5. The van der Waals surface area contributed by atoms with E-state index in [1.807, 2.05) is 36.4 Å². The predicted octanol–water partition coefficient (Wildman–Crippen LogP) is 5.04. The Labute approximate surface area is 134 Å². The fourth-order valence-corrected chi connectivity index (χ4v) is 2.83. The smallest absolute Gasteiger partial charge is 0.0624 e. The molecule has 0 aliphatic rings. The molecule has 0 fully saturated rings. The van der Waals surface area contributed by atoms with E-state index in [1.54, 1.807) is 6.07 Å². The van der Waals surface area contributed by atoms with E-state index in [0.29, 0.717) is 21.5 Å². The number of aliphatic hydroxyl groups excluding tert-OH is 1. The summed E-state index contributed by atoms with van der Waals surface area (Å²) < 4.78 is 0. The van der Waals surface area contributed by atoms with Crippen LogP contribution in [0, 0.1) is 5.92 Å². The Balaban J connectivity index is 2.11. The molecule has 1 N–H and O–H groups in total. The van der Waals surface area contributed by atoms with Crippen LogP contribution in [-0.2, 0) is 12.8 Å². The second kappa shape index (κ2) is 7.33. The first-order chi connectivity index (χ1) is 9.60. The standard InChI is InChI=1S/C16H15Cl3O/c17-14-5-1-3-11(9-14)7-12(10-20)8-13-4-2-6-15(18)16(13)19/h1-6,9,12,20H,7-8,10H2. The van der Waals surface area contributed by atoms with Crippen molar-refractivity contribution in [2.75, 3.05) is 6.61 Å². The molecular weight excluding hydrogens is 315 g/mol. The Morgan fingerprint density at radius 1 is 0.950 bits per heavy atom. The van der Waals surface area contributed by atoms with E-state index >= 15 is 0 Å². The van der Waals surface area contributed by atoms with E-state index < -0.39 is 0 Å². The molecule has 0 amide bonds. The van der Waals surface area contributed by atoms with Gasteiger partial charge in [0.05, 0.1) is 10.0 Å². The first kappa shape index (κ1) is 15.7. The van der Waals surface area contributed by atoms with Gasteiger partial charge in [0.25, 0.3) is 0 Å². The van der Waals surface area contributed by atoms with Gasteiger partial charge in [0, 0.05) is 11.6 Å². The van der Waals surface area contributed by atoms with E-state index in [0.717, 1.165) is 17.5 Å². The van der Waals surface area contributed by atoms with E-state index in [9.17, 15) is 5.11 Å². The molecule has 0 aliphatic carbocycles. The van der Waals surface area contributed by atoms with Crippen LogP contribution in [0.1, 0.15) is 11.1 Å². The number of benzene rings is 2. The minimum absolute atomic E-state index is 0.0874. The molecule has 4 heteroatoms. The molecule has 106 valence electrons. The number of hydrogen-bond donors (Lipinski definition) is 1. The van der Waals surface area contributed by atoms with Gasteiger partial charge in [-0.2, -0.15) is 0 Å². The maximum absolute atomic E-state index is 9.57. The summed E-state index contributed by atoms with van der Waals surface area (Å²) >= 11 is 18.2. The molecule has 0 saturated heterocycles. The van der Waals surface area contributed by atoms with Crippen molar-refractivity contribution in [3.05, 3.63) is 68.7 Å². The summed E-state index contributed by atoms with van der Waals surface area (Å²) in [4.78, 5) is 0. The van der Waals surface area contributed by atoms with Crippen LogP contribution in [0.25, 0.3) is 0 Å². The average Bonchev–Trinajstić information content (AvgIpc) is 2.43. The quantitative estimate of drug-likeness (QED) is 0.814. The first-order valence-corrected chi connectivity index (χ1v) is 7.51. The Morgan fingerprint density at radius 3 is 2.40 bits per heavy atom. The highest BCUT2D eigenvalue weighted by Gasteiger charge is 2.13. The van der Waals surface area contributed by atoms with Gasteiger partial charge in [0.2, 0.25) is 0 Å². The fraction of sp³-hybridized carbons (Fsp3) is 0.250. The zero-order valence-corrected chi connectivity index (χ0v) is 13.1. The monoisotopic (exact) mass is 328 g/mol. The van der Waals surface area contributed by atoms with Gasteiger partial charge in [0.1, 0.15) is 0 Å². The molecular formula is C16H15Cl3O. The van der Waals surface area contributed by atoms with Gasteiger partial charge in [-0.15, -0.1) is 0 Å². The fourth-order valence-electron chi connectivity index (χ4n) is 2.22. The lowest BCUT2D eigenvalue weighted by Crippen LogP contribution is -2.13. The van der Waals surface area contributed by atoms with Crippen molar-refractivity contribution in [1.29, 1.82) is 0 Å². The second-order valence-electron chi connectivity index (χ2n) is 4.80. The highest BCUT2D eigenvalue weighted by molar-refractivity contribution is 6.42. The largest absolute Gasteiger partial charge is 0.396 e. The van der Waals surface area contributed by atoms with E-state index in [2.05, 4.69) is 0 Å². The average molecular weight is 330 g/mol. The molecule has 1 unspecified atom stereocenters. The number of rotatable bonds is 5. The van der Waals surface area contributed by atoms with Crippen LogP contribution in [0.15, 0.2) is 42.5 Å². The van der Waals surface area contributed by atoms with Gasteiger partial charge in [-0.25, -0.2) is 0 Å². The lowest BCUT2D eigenvalue weighted by atomic mass is 9.93. The lowest BCUT2D eigenvalue weighted by molar-refractivity contribution is 0.225. The third-order valence-corrected chi connectivity index (χ3v) is 4.30. The summed E-state index contributed by atoms with van der Waals surface area (Å²) in [5.74, 6) is 0.0874. The maximum Gasteiger partial charge on any atom is 0.0624 e. The van der Waals surface area contributed by atoms with Crippen LogP contribution in [0.5, 0.6) is 0 Å². The minimum atomic E-state index is 0.0874. The van der Waals surface area contributed by atoms with Crippen molar-refractivity contribution in [2.45, 2.75) is 12.8 Å². The van der Waals surface area contributed by atoms with Crippen LogP contribution >= 0.6 is 34.8 Å². The summed E-state index contributed by atoms with van der Waals surface area (Å²) in [5, 5.41) is 11.4. The molecule has 2 rings (SSSR count). The van der Waals surface area contributed by atoms with Crippen LogP contribution < -0.4 is 0 Å². The Hall–Kier alpha value is -0.730. The summed E-state index contributed by atoms with van der Waals surface area (Å²) in [6.07, 6.45) is 1.43. The first-order valence-electron chi connectivity index (χ1n) is 6.38. The number of aliphatic hydroxyl groups is 1. The van der Waals surface area contributed by atoms with Gasteiger partial charge in [-0.3, -0.25) is 0 Å². The van der Waals surface area contributed by atoms with Crippen LogP contribution in [0.3, 0.4) is 0 Å². The summed E-state index contributed by atoms with van der Waals surface area (Å²) in [6, 6.07) is 13.3. The Kier molecular flexibility index (Phi) is 5.74. The maximum atomic E-state index is 9.57. The second-order valence-corrected chi connectivity index (χ2v) is 6.02. The predicted molar refractivity (Wildman–Crippen MR) is 85.9 cm³/mol. The molecule has 2 aromatic carbocycles. The number of hydrogen-bond acceptors (Lipinski definition) is 1. The van der Waals surface area contributed by atoms with Crippen LogP contribution in [-0.4, -0.2) is 11.7 Å². The molecule has 2 aromatic rings. The molecule has 0 saturated carbocycles. The van der Waals surface area contributed by atoms with Crippen LogP contribution in [0.4, 0.5) is 0 Å². The molecule has 20 heavy (non-hydrogen) atoms. The van der Waals surface area contributed by atoms with Gasteiger partial charge in [-0.05, 0) is 48.1 Å². The highest BCUT2D eigenvalue weighted by Crippen LogP contribution is 2.28. The summed E-state index contributed by atoms with van der Waals surface area (Å²) in [7, 11) is 0. The highest BCUT2D eigenvalue weighted by atomic mass is 35.5. The van der Waals surface area contributed by atoms with Crippen LogP contribution in [0.2, 0.25) is 15.1 Å². The van der Waals surface area contributed by atoms with Crippen molar-refractivity contribution in [3.8, 4) is 0 Å².